The van der Waals surface area contributed by atoms with Crippen molar-refractivity contribution in [2.75, 3.05) is 19.8 Å². The maximum atomic E-state index is 11.4. The topological polar surface area (TPSA) is 35.5 Å². The van der Waals surface area contributed by atoms with Gasteiger partial charge in [0.05, 0.1) is 19.1 Å². The Balaban J connectivity index is 1.54. The summed E-state index contributed by atoms with van der Waals surface area (Å²) in [4.78, 5) is 11.4. The van der Waals surface area contributed by atoms with Crippen LogP contribution in [0.1, 0.15) is 46.0 Å². The molecule has 0 N–H and O–H groups in total. The van der Waals surface area contributed by atoms with Gasteiger partial charge in [0.2, 0.25) is 0 Å². The minimum atomic E-state index is -0.121. The normalized spacial score (nSPS) is 29.8. The fourth-order valence-corrected chi connectivity index (χ4v) is 2.91. The molecule has 0 amide bonds. The molecule has 19 heavy (non-hydrogen) atoms. The number of hydrogen-bond acceptors (Lipinski definition) is 3. The van der Waals surface area contributed by atoms with Crippen LogP contribution in [0, 0.1) is 17.8 Å². The predicted octanol–water partition coefficient (Wildman–Crippen LogP) is 3.34. The van der Waals surface area contributed by atoms with Gasteiger partial charge in [-0.2, -0.15) is 0 Å². The molecule has 108 valence electrons. The molecule has 2 rings (SSSR count). The second kappa shape index (κ2) is 7.09. The molecule has 0 spiro atoms. The highest BCUT2D eigenvalue weighted by atomic mass is 16.5. The van der Waals surface area contributed by atoms with E-state index in [1.807, 2.05) is 13.0 Å². The van der Waals surface area contributed by atoms with Crippen molar-refractivity contribution >= 4 is 5.97 Å². The Kier molecular flexibility index (Phi) is 5.44. The van der Waals surface area contributed by atoms with E-state index in [1.165, 1.54) is 32.1 Å². The van der Waals surface area contributed by atoms with E-state index in [2.05, 4.69) is 6.92 Å². The van der Waals surface area contributed by atoms with Gasteiger partial charge >= 0.3 is 5.97 Å². The molecule has 0 unspecified atom stereocenters. The van der Waals surface area contributed by atoms with Crippen LogP contribution in [0.25, 0.3) is 0 Å². The maximum Gasteiger partial charge on any atom is 0.317 e. The zero-order valence-corrected chi connectivity index (χ0v) is 12.2. The van der Waals surface area contributed by atoms with Crippen molar-refractivity contribution < 1.29 is 14.3 Å². The zero-order chi connectivity index (χ0) is 13.7. The summed E-state index contributed by atoms with van der Waals surface area (Å²) < 4.78 is 10.7. The Labute approximate surface area is 116 Å². The Hall–Kier alpha value is -0.830. The van der Waals surface area contributed by atoms with E-state index in [1.54, 1.807) is 0 Å². The van der Waals surface area contributed by atoms with Gasteiger partial charge in [-0.25, -0.2) is 0 Å². The lowest BCUT2D eigenvalue weighted by atomic mass is 9.81. The van der Waals surface area contributed by atoms with Gasteiger partial charge in [0.1, 0.15) is 0 Å². The summed E-state index contributed by atoms with van der Waals surface area (Å²) in [5, 5.41) is 0. The molecule has 1 saturated carbocycles. The van der Waals surface area contributed by atoms with Gasteiger partial charge in [0, 0.05) is 6.61 Å². The fourth-order valence-electron chi connectivity index (χ4n) is 2.91. The molecule has 3 nitrogen and oxygen atoms in total. The lowest BCUT2D eigenvalue weighted by Crippen LogP contribution is -2.19. The van der Waals surface area contributed by atoms with Gasteiger partial charge in [0.15, 0.2) is 0 Å². The average molecular weight is 266 g/mol. The third kappa shape index (κ3) is 4.34. The van der Waals surface area contributed by atoms with Crippen molar-refractivity contribution in [2.24, 2.45) is 17.8 Å². The monoisotopic (exact) mass is 266 g/mol. The maximum absolute atomic E-state index is 11.4. The Bertz CT molecular complexity index is 327. The largest absolute Gasteiger partial charge is 0.465 e. The van der Waals surface area contributed by atoms with Crippen molar-refractivity contribution in [1.82, 2.24) is 0 Å². The van der Waals surface area contributed by atoms with Crippen molar-refractivity contribution in [3.8, 4) is 0 Å². The number of ether oxygens (including phenoxy) is 2. The van der Waals surface area contributed by atoms with Gasteiger partial charge in [-0.05, 0) is 37.2 Å². The molecular weight excluding hydrogens is 240 g/mol. The number of carbonyl (C=O) groups excluding carboxylic acids is 1. The van der Waals surface area contributed by atoms with Gasteiger partial charge in [-0.15, -0.1) is 0 Å². The Morgan fingerprint density at radius 1 is 1.21 bits per heavy atom. The molecule has 0 aliphatic heterocycles. The van der Waals surface area contributed by atoms with Crippen molar-refractivity contribution in [3.05, 3.63) is 11.6 Å². The summed E-state index contributed by atoms with van der Waals surface area (Å²) in [7, 11) is 0. The van der Waals surface area contributed by atoms with E-state index in [-0.39, 0.29) is 11.9 Å². The van der Waals surface area contributed by atoms with Gasteiger partial charge in [0.25, 0.3) is 0 Å². The van der Waals surface area contributed by atoms with Gasteiger partial charge in [-0.1, -0.05) is 32.3 Å². The van der Waals surface area contributed by atoms with Crippen LogP contribution in [0.15, 0.2) is 11.6 Å². The molecule has 0 aromatic carbocycles. The molecule has 0 radical (unpaired) electrons. The van der Waals surface area contributed by atoms with Gasteiger partial charge < -0.3 is 9.47 Å². The summed E-state index contributed by atoms with van der Waals surface area (Å²) in [5.41, 5.74) is 1.10. The first-order chi connectivity index (χ1) is 9.24. The number of carbonyl (C=O) groups is 1. The van der Waals surface area contributed by atoms with Crippen LogP contribution in [-0.4, -0.2) is 25.8 Å². The highest BCUT2D eigenvalue weighted by molar-refractivity contribution is 5.83. The van der Waals surface area contributed by atoms with Crippen LogP contribution in [-0.2, 0) is 14.3 Å². The minimum Gasteiger partial charge on any atom is -0.465 e. The molecular formula is C16H26O3. The summed E-state index contributed by atoms with van der Waals surface area (Å²) in [6, 6.07) is 0. The summed E-state index contributed by atoms with van der Waals surface area (Å²) in [6.07, 6.45) is 8.60. The van der Waals surface area contributed by atoms with Crippen LogP contribution in [0.2, 0.25) is 0 Å². The molecule has 3 heteroatoms. The van der Waals surface area contributed by atoms with Crippen molar-refractivity contribution in [1.29, 1.82) is 0 Å². The lowest BCUT2D eigenvalue weighted by Gasteiger charge is -2.27. The van der Waals surface area contributed by atoms with E-state index in [9.17, 15) is 4.79 Å². The standard InChI is InChI=1S/C16H26O3/c1-3-12-5-7-13(8-6-12)10-18-11-14-9-15(14)16(17)19-4-2/h9,12-13,15H,3-8,10-11H2,1-2H3/t12?,13?,15-/m1/s1. The first-order valence-electron chi connectivity index (χ1n) is 7.69. The van der Waals surface area contributed by atoms with Crippen LogP contribution < -0.4 is 0 Å². The zero-order valence-electron chi connectivity index (χ0n) is 12.2. The molecule has 1 fully saturated rings. The fraction of sp³-hybridized carbons (Fsp3) is 0.812. The van der Waals surface area contributed by atoms with E-state index in [4.69, 9.17) is 9.47 Å². The van der Waals surface area contributed by atoms with Crippen LogP contribution >= 0.6 is 0 Å². The Morgan fingerprint density at radius 3 is 2.53 bits per heavy atom. The smallest absolute Gasteiger partial charge is 0.317 e. The van der Waals surface area contributed by atoms with E-state index in [0.29, 0.717) is 13.2 Å². The number of esters is 1. The molecule has 0 aromatic rings. The second-order valence-electron chi connectivity index (χ2n) is 5.78. The lowest BCUT2D eigenvalue weighted by molar-refractivity contribution is -0.144. The molecule has 0 bridgehead atoms. The van der Waals surface area contributed by atoms with E-state index in [0.717, 1.165) is 24.0 Å². The average Bonchev–Trinajstić information content (AvgIpc) is 3.19. The third-order valence-electron chi connectivity index (χ3n) is 4.38. The highest BCUT2D eigenvalue weighted by Gasteiger charge is 2.33. The summed E-state index contributed by atoms with van der Waals surface area (Å²) in [5.74, 6) is 1.46. The molecule has 2 aliphatic carbocycles. The number of rotatable bonds is 7. The van der Waals surface area contributed by atoms with Crippen LogP contribution in [0.4, 0.5) is 0 Å². The van der Waals surface area contributed by atoms with E-state index >= 15 is 0 Å². The first kappa shape index (κ1) is 14.6. The predicted molar refractivity (Wildman–Crippen MR) is 74.8 cm³/mol. The summed E-state index contributed by atoms with van der Waals surface area (Å²) in [6.45, 7) is 6.04. The Morgan fingerprint density at radius 2 is 1.89 bits per heavy atom. The SMILES string of the molecule is CCOC(=O)[C@@H]1C=C1COCC1CCC(CC)CC1. The van der Waals surface area contributed by atoms with Gasteiger partial charge in [-0.3, -0.25) is 4.79 Å². The molecule has 0 aromatic heterocycles. The van der Waals surface area contributed by atoms with Crippen LogP contribution in [0.3, 0.4) is 0 Å². The van der Waals surface area contributed by atoms with Crippen molar-refractivity contribution in [3.63, 3.8) is 0 Å². The minimum absolute atomic E-state index is 0.0872. The highest BCUT2D eigenvalue weighted by Crippen LogP contribution is 2.32. The quantitative estimate of drug-likeness (QED) is 0.523. The number of hydrogen-bond donors (Lipinski definition) is 0. The third-order valence-corrected chi connectivity index (χ3v) is 4.38. The molecule has 0 heterocycles. The first-order valence-corrected chi connectivity index (χ1v) is 7.69. The molecule has 2 aliphatic rings. The van der Waals surface area contributed by atoms with Crippen molar-refractivity contribution in [2.45, 2.75) is 46.0 Å². The van der Waals surface area contributed by atoms with Crippen LogP contribution in [0.5, 0.6) is 0 Å². The molecule has 0 saturated heterocycles. The summed E-state index contributed by atoms with van der Waals surface area (Å²) >= 11 is 0. The van der Waals surface area contributed by atoms with E-state index < -0.39 is 0 Å². The second-order valence-corrected chi connectivity index (χ2v) is 5.78. The molecule has 1 atom stereocenters.